The Bertz CT molecular complexity index is 981. The number of imidazole rings is 1. The van der Waals surface area contributed by atoms with E-state index in [4.69, 9.17) is 9.47 Å². The summed E-state index contributed by atoms with van der Waals surface area (Å²) in [5.41, 5.74) is 2.63. The monoisotopic (exact) mass is 410 g/mol. The minimum atomic E-state index is -1.22. The Labute approximate surface area is 175 Å². The third-order valence-electron chi connectivity index (χ3n) is 4.77. The maximum absolute atomic E-state index is 12.3. The molecule has 0 aliphatic heterocycles. The first-order chi connectivity index (χ1) is 14.5. The van der Waals surface area contributed by atoms with E-state index in [1.807, 2.05) is 59.2 Å². The van der Waals surface area contributed by atoms with Crippen molar-refractivity contribution in [1.29, 1.82) is 0 Å². The molecule has 0 radical (unpaired) electrons. The van der Waals surface area contributed by atoms with Gasteiger partial charge < -0.3 is 19.1 Å². The molecule has 158 valence electrons. The zero-order valence-corrected chi connectivity index (χ0v) is 17.2. The fourth-order valence-electron chi connectivity index (χ4n) is 3.38. The number of esters is 2. The van der Waals surface area contributed by atoms with Crippen molar-refractivity contribution >= 4 is 23.0 Å². The van der Waals surface area contributed by atoms with Crippen LogP contribution < -0.4 is 0 Å². The van der Waals surface area contributed by atoms with Gasteiger partial charge in [-0.3, -0.25) is 9.59 Å². The average Bonchev–Trinajstić information content (AvgIpc) is 3.11. The Hall–Kier alpha value is -3.19. The van der Waals surface area contributed by atoms with E-state index in [0.29, 0.717) is 12.4 Å². The van der Waals surface area contributed by atoms with Crippen molar-refractivity contribution in [3.8, 4) is 0 Å². The van der Waals surface area contributed by atoms with Crippen LogP contribution in [0.25, 0.3) is 11.0 Å². The molecule has 3 aromatic rings. The molecule has 3 rings (SSSR count). The van der Waals surface area contributed by atoms with E-state index in [1.54, 1.807) is 13.8 Å². The van der Waals surface area contributed by atoms with Crippen LogP contribution in [0, 0.1) is 5.92 Å². The molecule has 30 heavy (non-hydrogen) atoms. The fourth-order valence-corrected chi connectivity index (χ4v) is 3.38. The summed E-state index contributed by atoms with van der Waals surface area (Å²) in [7, 11) is 0. The highest BCUT2D eigenvalue weighted by Gasteiger charge is 2.34. The summed E-state index contributed by atoms with van der Waals surface area (Å²) in [5.74, 6) is -2.25. The Morgan fingerprint density at radius 3 is 2.20 bits per heavy atom. The van der Waals surface area contributed by atoms with Crippen LogP contribution in [-0.2, 0) is 25.6 Å². The number of nitrogens with zero attached hydrogens (tertiary/aromatic N) is 2. The van der Waals surface area contributed by atoms with Gasteiger partial charge in [-0.15, -0.1) is 0 Å². The maximum atomic E-state index is 12.3. The highest BCUT2D eigenvalue weighted by Crippen LogP contribution is 2.27. The zero-order chi connectivity index (χ0) is 21.5. The van der Waals surface area contributed by atoms with Gasteiger partial charge in [0, 0.05) is 13.0 Å². The Morgan fingerprint density at radius 1 is 0.967 bits per heavy atom. The Morgan fingerprint density at radius 2 is 1.57 bits per heavy atom. The van der Waals surface area contributed by atoms with Crippen molar-refractivity contribution in [2.75, 3.05) is 13.2 Å². The number of hydrogen-bond donors (Lipinski definition) is 1. The molecule has 0 aliphatic rings. The standard InChI is InChI=1S/C23H26N2O5/c1-3-29-22(27)17(23(28)30-4-2)14-20(26)21-24-18-12-8-9-13-19(18)25(21)15-16-10-6-5-7-11-16/h5-13,17,20,26H,3-4,14-15H2,1-2H3/t20-/m1/s1. The molecule has 1 aromatic heterocycles. The second-order valence-corrected chi connectivity index (χ2v) is 6.84. The van der Waals surface area contributed by atoms with E-state index in [0.717, 1.165) is 16.6 Å². The number of fused-ring (bicyclic) bond motifs is 1. The second-order valence-electron chi connectivity index (χ2n) is 6.84. The van der Waals surface area contributed by atoms with E-state index in [2.05, 4.69) is 4.98 Å². The lowest BCUT2D eigenvalue weighted by atomic mass is 10.0. The van der Waals surface area contributed by atoms with Gasteiger partial charge in [0.2, 0.25) is 0 Å². The summed E-state index contributed by atoms with van der Waals surface area (Å²) < 4.78 is 11.9. The molecule has 1 N–H and O–H groups in total. The minimum absolute atomic E-state index is 0.136. The number of benzene rings is 2. The number of hydrogen-bond acceptors (Lipinski definition) is 6. The summed E-state index contributed by atoms with van der Waals surface area (Å²) in [5, 5.41) is 11.0. The van der Waals surface area contributed by atoms with Crippen LogP contribution in [0.3, 0.4) is 0 Å². The van der Waals surface area contributed by atoms with Gasteiger partial charge in [0.1, 0.15) is 11.9 Å². The van der Waals surface area contributed by atoms with Crippen LogP contribution >= 0.6 is 0 Å². The third-order valence-corrected chi connectivity index (χ3v) is 4.77. The maximum Gasteiger partial charge on any atom is 0.320 e. The smallest absolute Gasteiger partial charge is 0.320 e. The number of carbonyl (C=O) groups is 2. The number of ether oxygens (including phenoxy) is 2. The zero-order valence-electron chi connectivity index (χ0n) is 17.2. The van der Waals surface area contributed by atoms with Crippen LogP contribution in [0.15, 0.2) is 54.6 Å². The molecule has 0 spiro atoms. The van der Waals surface area contributed by atoms with Crippen LogP contribution in [0.4, 0.5) is 0 Å². The summed E-state index contributed by atoms with van der Waals surface area (Å²) in [4.78, 5) is 29.2. The number of aliphatic hydroxyl groups is 1. The second kappa shape index (κ2) is 10.0. The van der Waals surface area contributed by atoms with Crippen LogP contribution in [0.1, 0.15) is 37.8 Å². The highest BCUT2D eigenvalue weighted by atomic mass is 16.6. The number of para-hydroxylation sites is 2. The molecule has 1 heterocycles. The van der Waals surface area contributed by atoms with Gasteiger partial charge in [-0.1, -0.05) is 42.5 Å². The molecule has 7 heteroatoms. The highest BCUT2D eigenvalue weighted by molar-refractivity contribution is 5.95. The van der Waals surface area contributed by atoms with E-state index >= 15 is 0 Å². The summed E-state index contributed by atoms with van der Waals surface area (Å²) in [6, 6.07) is 17.4. The van der Waals surface area contributed by atoms with E-state index in [1.165, 1.54) is 0 Å². The molecule has 0 saturated heterocycles. The normalized spacial score (nSPS) is 12.1. The lowest BCUT2D eigenvalue weighted by Crippen LogP contribution is -2.30. The van der Waals surface area contributed by atoms with Crippen LogP contribution in [-0.4, -0.2) is 39.8 Å². The predicted molar refractivity (Wildman–Crippen MR) is 112 cm³/mol. The average molecular weight is 410 g/mol. The Kier molecular flexibility index (Phi) is 7.19. The number of aromatic nitrogens is 2. The first-order valence-corrected chi connectivity index (χ1v) is 10.1. The van der Waals surface area contributed by atoms with Gasteiger partial charge in [-0.05, 0) is 31.5 Å². The minimum Gasteiger partial charge on any atom is -0.465 e. The molecule has 7 nitrogen and oxygen atoms in total. The SMILES string of the molecule is CCOC(=O)C(C[C@@H](O)c1nc2ccccc2n1Cc1ccccc1)C(=O)OCC. The topological polar surface area (TPSA) is 90.6 Å². The van der Waals surface area contributed by atoms with Gasteiger partial charge >= 0.3 is 11.9 Å². The molecular weight excluding hydrogens is 384 g/mol. The van der Waals surface area contributed by atoms with Crippen molar-refractivity contribution in [1.82, 2.24) is 9.55 Å². The molecule has 2 aromatic carbocycles. The van der Waals surface area contributed by atoms with Gasteiger partial charge in [0.15, 0.2) is 5.92 Å². The molecule has 0 bridgehead atoms. The first kappa shape index (κ1) is 21.5. The predicted octanol–water partition coefficient (Wildman–Crippen LogP) is 3.25. The lowest BCUT2D eigenvalue weighted by Gasteiger charge is -2.19. The first-order valence-electron chi connectivity index (χ1n) is 10.1. The lowest BCUT2D eigenvalue weighted by molar-refractivity contribution is -0.163. The molecule has 0 unspecified atom stereocenters. The summed E-state index contributed by atoms with van der Waals surface area (Å²) in [6.45, 7) is 4.09. The summed E-state index contributed by atoms with van der Waals surface area (Å²) in [6.07, 6.45) is -1.32. The van der Waals surface area contributed by atoms with Gasteiger partial charge in [-0.2, -0.15) is 0 Å². The van der Waals surface area contributed by atoms with Gasteiger partial charge in [0.25, 0.3) is 0 Å². The van der Waals surface area contributed by atoms with Crippen molar-refractivity contribution in [3.63, 3.8) is 0 Å². The van der Waals surface area contributed by atoms with Gasteiger partial charge in [-0.25, -0.2) is 4.98 Å². The largest absolute Gasteiger partial charge is 0.465 e. The molecular formula is C23H26N2O5. The Balaban J connectivity index is 1.94. The quantitative estimate of drug-likeness (QED) is 0.430. The third kappa shape index (κ3) is 4.86. The van der Waals surface area contributed by atoms with Crippen LogP contribution in [0.5, 0.6) is 0 Å². The van der Waals surface area contributed by atoms with Gasteiger partial charge in [0.05, 0.1) is 24.2 Å². The van der Waals surface area contributed by atoms with Crippen LogP contribution in [0.2, 0.25) is 0 Å². The number of rotatable bonds is 9. The molecule has 0 amide bonds. The van der Waals surface area contributed by atoms with Crippen molar-refractivity contribution in [3.05, 3.63) is 66.0 Å². The van der Waals surface area contributed by atoms with Crippen molar-refractivity contribution in [2.24, 2.45) is 5.92 Å². The fraction of sp³-hybridized carbons (Fsp3) is 0.348. The van der Waals surface area contributed by atoms with E-state index in [-0.39, 0.29) is 19.6 Å². The number of aliphatic hydroxyl groups excluding tert-OH is 1. The molecule has 0 fully saturated rings. The van der Waals surface area contributed by atoms with Crippen molar-refractivity contribution < 1.29 is 24.2 Å². The molecule has 1 atom stereocenters. The molecule has 0 aliphatic carbocycles. The van der Waals surface area contributed by atoms with E-state index in [9.17, 15) is 14.7 Å². The summed E-state index contributed by atoms with van der Waals surface area (Å²) >= 11 is 0. The number of carbonyl (C=O) groups excluding carboxylic acids is 2. The van der Waals surface area contributed by atoms with Crippen molar-refractivity contribution in [2.45, 2.75) is 32.9 Å². The molecule has 0 saturated carbocycles. The van der Waals surface area contributed by atoms with E-state index < -0.39 is 24.0 Å².